The fourth-order valence-corrected chi connectivity index (χ4v) is 2.29. The Kier molecular flexibility index (Phi) is 6.15. The van der Waals surface area contributed by atoms with Gasteiger partial charge in [0.2, 0.25) is 5.91 Å². The van der Waals surface area contributed by atoms with Gasteiger partial charge in [-0.1, -0.05) is 30.3 Å². The molecule has 0 bridgehead atoms. The predicted octanol–water partition coefficient (Wildman–Crippen LogP) is 4.20. The minimum Gasteiger partial charge on any atom is -0.494 e. The molecule has 1 atom stereocenters. The summed E-state index contributed by atoms with van der Waals surface area (Å²) >= 11 is 0. The van der Waals surface area contributed by atoms with E-state index in [9.17, 15) is 9.18 Å². The largest absolute Gasteiger partial charge is 0.494 e. The van der Waals surface area contributed by atoms with Gasteiger partial charge < -0.3 is 9.64 Å². The van der Waals surface area contributed by atoms with E-state index in [2.05, 4.69) is 0 Å². The van der Waals surface area contributed by atoms with Crippen molar-refractivity contribution >= 4 is 5.91 Å². The van der Waals surface area contributed by atoms with Gasteiger partial charge in [0.15, 0.2) is 0 Å². The van der Waals surface area contributed by atoms with Crippen LogP contribution < -0.4 is 4.74 Å². The average Bonchev–Trinajstić information content (AvgIpc) is 2.59. The molecule has 3 nitrogen and oxygen atoms in total. The quantitative estimate of drug-likeness (QED) is 0.717. The summed E-state index contributed by atoms with van der Waals surface area (Å²) in [6.07, 6.45) is 1.09. The molecule has 0 aliphatic heterocycles. The van der Waals surface area contributed by atoms with Gasteiger partial charge in [0.05, 0.1) is 12.6 Å². The van der Waals surface area contributed by atoms with Crippen LogP contribution in [0.5, 0.6) is 5.75 Å². The first kappa shape index (κ1) is 17.0. The van der Waals surface area contributed by atoms with Gasteiger partial charge in [0, 0.05) is 13.5 Å². The van der Waals surface area contributed by atoms with Gasteiger partial charge in [0.1, 0.15) is 11.6 Å². The molecular formula is C19H22FNO2. The number of carbonyl (C=O) groups excluding carboxylic acids is 1. The van der Waals surface area contributed by atoms with Gasteiger partial charge in [-0.05, 0) is 43.2 Å². The van der Waals surface area contributed by atoms with Crippen LogP contribution in [0.15, 0.2) is 54.6 Å². The van der Waals surface area contributed by atoms with Crippen molar-refractivity contribution in [2.45, 2.75) is 25.8 Å². The highest BCUT2D eigenvalue weighted by atomic mass is 19.1. The van der Waals surface area contributed by atoms with Crippen LogP contribution in [0.2, 0.25) is 0 Å². The number of para-hydroxylation sites is 1. The highest BCUT2D eigenvalue weighted by Crippen LogP contribution is 2.20. The molecule has 0 heterocycles. The van der Waals surface area contributed by atoms with Crippen LogP contribution in [0.3, 0.4) is 0 Å². The van der Waals surface area contributed by atoms with Crippen LogP contribution in [-0.2, 0) is 4.79 Å². The Labute approximate surface area is 136 Å². The highest BCUT2D eigenvalue weighted by Gasteiger charge is 2.17. The Hall–Kier alpha value is -2.36. The molecular weight excluding hydrogens is 293 g/mol. The third-order valence-corrected chi connectivity index (χ3v) is 3.87. The van der Waals surface area contributed by atoms with Crippen molar-refractivity contribution in [1.29, 1.82) is 0 Å². The molecule has 0 N–H and O–H groups in total. The van der Waals surface area contributed by atoms with Crippen LogP contribution >= 0.6 is 0 Å². The molecule has 4 heteroatoms. The topological polar surface area (TPSA) is 29.5 Å². The van der Waals surface area contributed by atoms with Crippen molar-refractivity contribution in [1.82, 2.24) is 4.90 Å². The summed E-state index contributed by atoms with van der Waals surface area (Å²) in [6.45, 7) is 2.44. The zero-order valence-corrected chi connectivity index (χ0v) is 13.5. The molecule has 0 aromatic heterocycles. The number of nitrogens with zero attached hydrogens (tertiary/aromatic N) is 1. The van der Waals surface area contributed by atoms with E-state index >= 15 is 0 Å². The molecule has 0 aliphatic carbocycles. The van der Waals surface area contributed by atoms with Crippen molar-refractivity contribution < 1.29 is 13.9 Å². The number of rotatable bonds is 7. The highest BCUT2D eigenvalue weighted by molar-refractivity contribution is 5.76. The second-order valence-electron chi connectivity index (χ2n) is 5.50. The number of amides is 1. The van der Waals surface area contributed by atoms with Crippen LogP contribution in [-0.4, -0.2) is 24.5 Å². The standard InChI is InChI=1S/C19H22FNO2/c1-15(16-10-12-17(20)13-11-16)21(2)19(22)9-6-14-23-18-7-4-3-5-8-18/h3-5,7-8,10-13,15H,6,9,14H2,1-2H3. The minimum atomic E-state index is -0.270. The molecule has 0 radical (unpaired) electrons. The first-order valence-corrected chi connectivity index (χ1v) is 7.77. The molecule has 0 saturated carbocycles. The van der Waals surface area contributed by atoms with Crippen molar-refractivity contribution in [3.8, 4) is 5.75 Å². The third kappa shape index (κ3) is 5.09. The van der Waals surface area contributed by atoms with Gasteiger partial charge in [0.25, 0.3) is 0 Å². The number of hydrogen-bond acceptors (Lipinski definition) is 2. The Bertz CT molecular complexity index is 613. The normalized spacial score (nSPS) is 11.8. The first-order valence-electron chi connectivity index (χ1n) is 7.77. The van der Waals surface area contributed by atoms with Gasteiger partial charge in [-0.2, -0.15) is 0 Å². The van der Waals surface area contributed by atoms with Crippen LogP contribution in [0, 0.1) is 5.82 Å². The maximum Gasteiger partial charge on any atom is 0.222 e. The summed E-state index contributed by atoms with van der Waals surface area (Å²) in [6, 6.07) is 15.7. The van der Waals surface area contributed by atoms with Crippen molar-refractivity contribution in [2.24, 2.45) is 0 Å². The zero-order chi connectivity index (χ0) is 16.7. The molecule has 1 unspecified atom stereocenters. The van der Waals surface area contributed by atoms with E-state index in [4.69, 9.17) is 4.74 Å². The minimum absolute atomic E-state index is 0.0542. The second kappa shape index (κ2) is 8.32. The van der Waals surface area contributed by atoms with Crippen LogP contribution in [0.25, 0.3) is 0 Å². The van der Waals surface area contributed by atoms with Crippen LogP contribution in [0.1, 0.15) is 31.4 Å². The van der Waals surface area contributed by atoms with Gasteiger partial charge in [-0.25, -0.2) is 4.39 Å². The molecule has 2 aromatic carbocycles. The van der Waals surface area contributed by atoms with Crippen LogP contribution in [0.4, 0.5) is 4.39 Å². The molecule has 0 aliphatic rings. The summed E-state index contributed by atoms with van der Waals surface area (Å²) in [5, 5.41) is 0. The molecule has 122 valence electrons. The summed E-state index contributed by atoms with van der Waals surface area (Å²) in [7, 11) is 1.77. The van der Waals surface area contributed by atoms with E-state index in [0.29, 0.717) is 19.4 Å². The monoisotopic (exact) mass is 315 g/mol. The maximum absolute atomic E-state index is 13.0. The molecule has 0 spiro atoms. The van der Waals surface area contributed by atoms with Crippen molar-refractivity contribution in [3.63, 3.8) is 0 Å². The Morgan fingerprint density at radius 1 is 1.13 bits per heavy atom. The molecule has 0 saturated heterocycles. The Morgan fingerprint density at radius 3 is 2.43 bits per heavy atom. The summed E-state index contributed by atoms with van der Waals surface area (Å²) in [4.78, 5) is 13.9. The summed E-state index contributed by atoms with van der Waals surface area (Å²) in [5.74, 6) is 0.597. The molecule has 23 heavy (non-hydrogen) atoms. The number of hydrogen-bond donors (Lipinski definition) is 0. The summed E-state index contributed by atoms with van der Waals surface area (Å²) < 4.78 is 18.5. The smallest absolute Gasteiger partial charge is 0.222 e. The molecule has 2 rings (SSSR count). The lowest BCUT2D eigenvalue weighted by atomic mass is 10.1. The van der Waals surface area contributed by atoms with E-state index in [1.165, 1.54) is 12.1 Å². The van der Waals surface area contributed by atoms with Crippen molar-refractivity contribution in [2.75, 3.05) is 13.7 Å². The van der Waals surface area contributed by atoms with E-state index in [1.807, 2.05) is 37.3 Å². The molecule has 2 aromatic rings. The number of benzene rings is 2. The lowest BCUT2D eigenvalue weighted by Crippen LogP contribution is -2.29. The lowest BCUT2D eigenvalue weighted by molar-refractivity contribution is -0.132. The SMILES string of the molecule is CC(c1ccc(F)cc1)N(C)C(=O)CCCOc1ccccc1. The molecule has 1 amide bonds. The lowest BCUT2D eigenvalue weighted by Gasteiger charge is -2.25. The van der Waals surface area contributed by atoms with Gasteiger partial charge in [-0.3, -0.25) is 4.79 Å². The summed E-state index contributed by atoms with van der Waals surface area (Å²) in [5.41, 5.74) is 0.919. The Balaban J connectivity index is 1.77. The van der Waals surface area contributed by atoms with Gasteiger partial charge >= 0.3 is 0 Å². The maximum atomic E-state index is 13.0. The second-order valence-corrected chi connectivity index (χ2v) is 5.50. The fourth-order valence-electron chi connectivity index (χ4n) is 2.29. The Morgan fingerprint density at radius 2 is 1.78 bits per heavy atom. The number of ether oxygens (including phenoxy) is 1. The van der Waals surface area contributed by atoms with Crippen molar-refractivity contribution in [3.05, 3.63) is 66.0 Å². The van der Waals surface area contributed by atoms with E-state index in [-0.39, 0.29) is 17.8 Å². The zero-order valence-electron chi connectivity index (χ0n) is 13.5. The fraction of sp³-hybridized carbons (Fsp3) is 0.316. The number of halogens is 1. The number of carbonyl (C=O) groups is 1. The average molecular weight is 315 g/mol. The van der Waals surface area contributed by atoms with Gasteiger partial charge in [-0.15, -0.1) is 0 Å². The third-order valence-electron chi connectivity index (χ3n) is 3.87. The van der Waals surface area contributed by atoms with E-state index in [0.717, 1.165) is 11.3 Å². The van der Waals surface area contributed by atoms with E-state index < -0.39 is 0 Å². The first-order chi connectivity index (χ1) is 11.1. The van der Waals surface area contributed by atoms with E-state index in [1.54, 1.807) is 24.1 Å². The predicted molar refractivity (Wildman–Crippen MR) is 88.8 cm³/mol. The molecule has 0 fully saturated rings.